The Morgan fingerprint density at radius 2 is 1.52 bits per heavy atom. The van der Waals surface area contributed by atoms with E-state index in [1.165, 1.54) is 25.7 Å². The van der Waals surface area contributed by atoms with Gasteiger partial charge in [0.25, 0.3) is 0 Å². The summed E-state index contributed by atoms with van der Waals surface area (Å²) < 4.78 is 10.7. The van der Waals surface area contributed by atoms with Gasteiger partial charge in [0.1, 0.15) is 0 Å². The first-order valence-electron chi connectivity index (χ1n) is 9.52. The maximum absolute atomic E-state index is 11.6. The summed E-state index contributed by atoms with van der Waals surface area (Å²) in [5.41, 5.74) is 0.943. The van der Waals surface area contributed by atoms with E-state index in [-0.39, 0.29) is 11.9 Å². The lowest BCUT2D eigenvalue weighted by atomic mass is 9.75. The summed E-state index contributed by atoms with van der Waals surface area (Å²) in [4.78, 5) is 23.1. The Labute approximate surface area is 150 Å². The lowest BCUT2D eigenvalue weighted by Crippen LogP contribution is -2.25. The predicted molar refractivity (Wildman–Crippen MR) is 95.6 cm³/mol. The second kappa shape index (κ2) is 7.35. The topological polar surface area (TPSA) is 52.6 Å². The SMILES string of the molecule is C=C(C)C(=O)OCCC1CC2CC1C1CC(COC(=O)C(=C)C)CC21. The zero-order valence-electron chi connectivity index (χ0n) is 15.5. The van der Waals surface area contributed by atoms with Crippen molar-refractivity contribution in [3.63, 3.8) is 0 Å². The zero-order valence-corrected chi connectivity index (χ0v) is 15.5. The van der Waals surface area contributed by atoms with Crippen LogP contribution in [0.5, 0.6) is 0 Å². The predicted octanol–water partition coefficient (Wildman–Crippen LogP) is 3.91. The molecule has 0 aromatic rings. The van der Waals surface area contributed by atoms with Crippen molar-refractivity contribution in [2.75, 3.05) is 13.2 Å². The number of carbonyl (C=O) groups excluding carboxylic acids is 2. The lowest BCUT2D eigenvalue weighted by Gasteiger charge is -2.31. The number of hydrogen-bond acceptors (Lipinski definition) is 4. The molecule has 0 heterocycles. The van der Waals surface area contributed by atoms with Gasteiger partial charge in [0, 0.05) is 11.1 Å². The number of rotatable bonds is 7. The first-order chi connectivity index (χ1) is 11.9. The van der Waals surface area contributed by atoms with Gasteiger partial charge in [-0.2, -0.15) is 0 Å². The molecule has 4 heteroatoms. The van der Waals surface area contributed by atoms with E-state index in [9.17, 15) is 9.59 Å². The molecule has 4 nitrogen and oxygen atoms in total. The highest BCUT2D eigenvalue weighted by Gasteiger charge is 2.55. The number of carbonyl (C=O) groups is 2. The molecule has 6 atom stereocenters. The first-order valence-corrected chi connectivity index (χ1v) is 9.52. The smallest absolute Gasteiger partial charge is 0.333 e. The van der Waals surface area contributed by atoms with Crippen LogP contribution in [0, 0.1) is 35.5 Å². The molecule has 25 heavy (non-hydrogen) atoms. The molecule has 3 aliphatic rings. The van der Waals surface area contributed by atoms with Crippen LogP contribution in [0.3, 0.4) is 0 Å². The minimum atomic E-state index is -0.277. The number of ether oxygens (including phenoxy) is 2. The van der Waals surface area contributed by atoms with Crippen LogP contribution < -0.4 is 0 Å². The molecule has 0 radical (unpaired) electrons. The van der Waals surface area contributed by atoms with E-state index in [0.29, 0.717) is 36.2 Å². The molecule has 3 saturated carbocycles. The van der Waals surface area contributed by atoms with E-state index in [1.54, 1.807) is 13.8 Å². The lowest BCUT2D eigenvalue weighted by molar-refractivity contribution is -0.140. The van der Waals surface area contributed by atoms with Gasteiger partial charge in [-0.25, -0.2) is 9.59 Å². The fraction of sp³-hybridized carbons (Fsp3) is 0.714. The van der Waals surface area contributed by atoms with Gasteiger partial charge < -0.3 is 9.47 Å². The van der Waals surface area contributed by atoms with Crippen LogP contribution in [0.25, 0.3) is 0 Å². The van der Waals surface area contributed by atoms with Gasteiger partial charge in [0.05, 0.1) is 13.2 Å². The van der Waals surface area contributed by atoms with Crippen molar-refractivity contribution in [3.8, 4) is 0 Å². The standard InChI is InChI=1S/C21H30O4/c1-12(2)20(22)24-6-5-15-9-16-10-18(15)19-8-14(7-17(16)19)11-25-21(23)13(3)4/h14-19H,1,3,5-11H2,2,4H3. The van der Waals surface area contributed by atoms with Crippen LogP contribution in [0.15, 0.2) is 24.3 Å². The molecule has 3 rings (SSSR count). The fourth-order valence-electron chi connectivity index (χ4n) is 5.54. The van der Waals surface area contributed by atoms with Crippen LogP contribution in [0.1, 0.15) is 46.0 Å². The maximum Gasteiger partial charge on any atom is 0.333 e. The Bertz CT molecular complexity index is 578. The van der Waals surface area contributed by atoms with E-state index in [1.807, 2.05) is 0 Å². The van der Waals surface area contributed by atoms with Crippen molar-refractivity contribution in [3.05, 3.63) is 24.3 Å². The van der Waals surface area contributed by atoms with Gasteiger partial charge in [0.2, 0.25) is 0 Å². The van der Waals surface area contributed by atoms with Gasteiger partial charge >= 0.3 is 11.9 Å². The van der Waals surface area contributed by atoms with Crippen LogP contribution in [0.2, 0.25) is 0 Å². The highest BCUT2D eigenvalue weighted by atomic mass is 16.5. The van der Waals surface area contributed by atoms with Crippen LogP contribution >= 0.6 is 0 Å². The molecular weight excluding hydrogens is 316 g/mol. The summed E-state index contributed by atoms with van der Waals surface area (Å²) in [6.45, 7) is 11.7. The molecule has 3 aliphatic carbocycles. The molecule has 0 N–H and O–H groups in total. The first kappa shape index (κ1) is 18.2. The summed E-state index contributed by atoms with van der Waals surface area (Å²) >= 11 is 0. The van der Waals surface area contributed by atoms with Gasteiger partial charge in [-0.05, 0) is 81.5 Å². The molecular formula is C21H30O4. The Morgan fingerprint density at radius 1 is 0.880 bits per heavy atom. The van der Waals surface area contributed by atoms with Gasteiger partial charge in [0.15, 0.2) is 0 Å². The third-order valence-corrected chi connectivity index (χ3v) is 6.57. The van der Waals surface area contributed by atoms with Gasteiger partial charge in [-0.3, -0.25) is 0 Å². The Balaban J connectivity index is 1.46. The Morgan fingerprint density at radius 3 is 2.20 bits per heavy atom. The number of fused-ring (bicyclic) bond motifs is 5. The third-order valence-electron chi connectivity index (χ3n) is 6.57. The summed E-state index contributed by atoms with van der Waals surface area (Å²) in [7, 11) is 0. The molecule has 3 fully saturated rings. The van der Waals surface area contributed by atoms with E-state index in [0.717, 1.165) is 30.1 Å². The average molecular weight is 346 g/mol. The molecule has 6 unspecified atom stereocenters. The number of hydrogen-bond donors (Lipinski definition) is 0. The van der Waals surface area contributed by atoms with E-state index in [4.69, 9.17) is 9.47 Å². The normalized spacial score (nSPS) is 35.3. The van der Waals surface area contributed by atoms with E-state index >= 15 is 0 Å². The van der Waals surface area contributed by atoms with Crippen molar-refractivity contribution in [1.82, 2.24) is 0 Å². The van der Waals surface area contributed by atoms with Crippen molar-refractivity contribution in [1.29, 1.82) is 0 Å². The molecule has 138 valence electrons. The molecule has 0 aromatic heterocycles. The van der Waals surface area contributed by atoms with E-state index in [2.05, 4.69) is 13.2 Å². The fourth-order valence-corrected chi connectivity index (χ4v) is 5.54. The molecule has 0 saturated heterocycles. The highest BCUT2D eigenvalue weighted by molar-refractivity contribution is 5.87. The largest absolute Gasteiger partial charge is 0.462 e. The molecule has 0 aromatic carbocycles. The third kappa shape index (κ3) is 3.83. The number of esters is 2. The highest BCUT2D eigenvalue weighted by Crippen LogP contribution is 2.62. The van der Waals surface area contributed by atoms with Crippen molar-refractivity contribution in [2.24, 2.45) is 35.5 Å². The van der Waals surface area contributed by atoms with Crippen molar-refractivity contribution >= 4 is 11.9 Å². The molecule has 2 bridgehead atoms. The second-order valence-corrected chi connectivity index (χ2v) is 8.40. The van der Waals surface area contributed by atoms with Crippen LogP contribution in [-0.4, -0.2) is 25.2 Å². The maximum atomic E-state index is 11.6. The minimum absolute atomic E-state index is 0.266. The Kier molecular flexibility index (Phi) is 5.35. The second-order valence-electron chi connectivity index (χ2n) is 8.40. The summed E-state index contributed by atoms with van der Waals surface area (Å²) in [5.74, 6) is 3.81. The van der Waals surface area contributed by atoms with Crippen molar-refractivity contribution < 1.29 is 19.1 Å². The monoisotopic (exact) mass is 346 g/mol. The summed E-state index contributed by atoms with van der Waals surface area (Å²) in [6, 6.07) is 0. The summed E-state index contributed by atoms with van der Waals surface area (Å²) in [6.07, 6.45) is 5.96. The average Bonchev–Trinajstić information content (AvgIpc) is 3.23. The zero-order chi connectivity index (χ0) is 18.1. The Hall–Kier alpha value is -1.58. The quantitative estimate of drug-likeness (QED) is 0.518. The minimum Gasteiger partial charge on any atom is -0.462 e. The van der Waals surface area contributed by atoms with Crippen molar-refractivity contribution in [2.45, 2.75) is 46.0 Å². The van der Waals surface area contributed by atoms with E-state index < -0.39 is 0 Å². The molecule has 0 aliphatic heterocycles. The van der Waals surface area contributed by atoms with Crippen LogP contribution in [-0.2, 0) is 19.1 Å². The molecule has 0 spiro atoms. The summed E-state index contributed by atoms with van der Waals surface area (Å²) in [5, 5.41) is 0. The molecule has 0 amide bonds. The van der Waals surface area contributed by atoms with Gasteiger partial charge in [-0.1, -0.05) is 13.2 Å². The van der Waals surface area contributed by atoms with Gasteiger partial charge in [-0.15, -0.1) is 0 Å². The van der Waals surface area contributed by atoms with Crippen LogP contribution in [0.4, 0.5) is 0 Å².